The lowest BCUT2D eigenvalue weighted by Crippen LogP contribution is -2.29. The van der Waals surface area contributed by atoms with Crippen molar-refractivity contribution in [3.63, 3.8) is 0 Å². The molecule has 0 bridgehead atoms. The van der Waals surface area contributed by atoms with Gasteiger partial charge in [0.25, 0.3) is 0 Å². The number of allylic oxidation sites excluding steroid dienone is 4. The SMILES string of the molecule is CCCCC/C=C\C/C=C\CCCCCCCCCCCC(=O)OC(COC(=O)CCCCC)COP(=O)(O)OCCN. The summed E-state index contributed by atoms with van der Waals surface area (Å²) < 4.78 is 32.2. The van der Waals surface area contributed by atoms with E-state index in [1.54, 1.807) is 0 Å². The molecule has 0 saturated carbocycles. The molecule has 0 saturated heterocycles. The van der Waals surface area contributed by atoms with Crippen molar-refractivity contribution in [3.05, 3.63) is 24.3 Å². The van der Waals surface area contributed by atoms with Crippen LogP contribution in [-0.4, -0.2) is 49.3 Å². The summed E-state index contributed by atoms with van der Waals surface area (Å²) in [6.45, 7) is 3.49. The van der Waals surface area contributed by atoms with Gasteiger partial charge in [-0.25, -0.2) is 4.57 Å². The molecule has 0 aliphatic carbocycles. The second-order valence-corrected chi connectivity index (χ2v) is 12.5. The molecular weight excluding hydrogens is 569 g/mol. The maximum Gasteiger partial charge on any atom is 0.472 e. The van der Waals surface area contributed by atoms with Gasteiger partial charge in [0.05, 0.1) is 13.2 Å². The largest absolute Gasteiger partial charge is 0.472 e. The summed E-state index contributed by atoms with van der Waals surface area (Å²) >= 11 is 0. The third kappa shape index (κ3) is 30.3. The van der Waals surface area contributed by atoms with Crippen LogP contribution >= 0.6 is 7.82 Å². The van der Waals surface area contributed by atoms with Crippen molar-refractivity contribution in [2.75, 3.05) is 26.4 Å². The standard InChI is InChI=1S/C33H62NO8P/c1-3-5-7-8-9-10-11-12-13-14-15-16-17-18-19-20-21-22-24-26-33(36)42-31(29-39-32(35)25-23-6-4-2)30-41-43(37,38)40-28-27-34/h9-10,12-13,31H,3-8,11,14-30,34H2,1-2H3,(H,37,38)/b10-9-,13-12-. The number of nitrogens with two attached hydrogens (primary N) is 1. The van der Waals surface area contributed by atoms with Crippen LogP contribution in [0.2, 0.25) is 0 Å². The van der Waals surface area contributed by atoms with E-state index in [2.05, 4.69) is 31.2 Å². The van der Waals surface area contributed by atoms with Gasteiger partial charge >= 0.3 is 19.8 Å². The van der Waals surface area contributed by atoms with Crippen LogP contribution in [0.25, 0.3) is 0 Å². The monoisotopic (exact) mass is 631 g/mol. The van der Waals surface area contributed by atoms with Gasteiger partial charge in [-0.15, -0.1) is 0 Å². The molecule has 0 aliphatic heterocycles. The first-order valence-corrected chi connectivity index (χ1v) is 18.3. The van der Waals surface area contributed by atoms with Gasteiger partial charge in [-0.2, -0.15) is 0 Å². The van der Waals surface area contributed by atoms with E-state index in [0.29, 0.717) is 12.8 Å². The van der Waals surface area contributed by atoms with Crippen LogP contribution in [0, 0.1) is 0 Å². The fraction of sp³-hybridized carbons (Fsp3) is 0.818. The average molecular weight is 632 g/mol. The fourth-order valence-corrected chi connectivity index (χ4v) is 5.07. The van der Waals surface area contributed by atoms with Crippen molar-refractivity contribution in [2.24, 2.45) is 5.73 Å². The highest BCUT2D eigenvalue weighted by Gasteiger charge is 2.25. The predicted octanol–water partition coefficient (Wildman–Crippen LogP) is 8.49. The number of hydrogen-bond donors (Lipinski definition) is 2. The van der Waals surface area contributed by atoms with Crippen LogP contribution in [-0.2, 0) is 32.7 Å². The van der Waals surface area contributed by atoms with Gasteiger partial charge in [-0.05, 0) is 44.9 Å². The van der Waals surface area contributed by atoms with Crippen LogP contribution < -0.4 is 5.73 Å². The van der Waals surface area contributed by atoms with Crippen molar-refractivity contribution < 1.29 is 37.6 Å². The number of carbonyl (C=O) groups is 2. The van der Waals surface area contributed by atoms with Crippen LogP contribution in [0.3, 0.4) is 0 Å². The molecule has 0 radical (unpaired) electrons. The Morgan fingerprint density at radius 3 is 1.81 bits per heavy atom. The van der Waals surface area contributed by atoms with E-state index in [1.165, 1.54) is 57.8 Å². The summed E-state index contributed by atoms with van der Waals surface area (Å²) in [5.74, 6) is -0.863. The van der Waals surface area contributed by atoms with Gasteiger partial charge in [-0.3, -0.25) is 18.6 Å². The first-order chi connectivity index (χ1) is 20.8. The zero-order chi connectivity index (χ0) is 31.9. The lowest BCUT2D eigenvalue weighted by atomic mass is 10.1. The maximum atomic E-state index is 12.4. The molecular formula is C33H62NO8P. The highest BCUT2D eigenvalue weighted by molar-refractivity contribution is 7.47. The van der Waals surface area contributed by atoms with Crippen molar-refractivity contribution in [2.45, 2.75) is 148 Å². The summed E-state index contributed by atoms with van der Waals surface area (Å²) in [5.41, 5.74) is 5.29. The van der Waals surface area contributed by atoms with Gasteiger partial charge in [0, 0.05) is 19.4 Å². The first kappa shape index (κ1) is 41.5. The molecule has 0 aliphatic rings. The summed E-state index contributed by atoms with van der Waals surface area (Å²) in [6.07, 6.45) is 28.6. The van der Waals surface area contributed by atoms with Crippen LogP contribution in [0.5, 0.6) is 0 Å². The number of rotatable bonds is 31. The number of esters is 2. The molecule has 0 aromatic rings. The molecule has 2 unspecified atom stereocenters. The summed E-state index contributed by atoms with van der Waals surface area (Å²) in [6, 6.07) is 0. The van der Waals surface area contributed by atoms with Crippen molar-refractivity contribution >= 4 is 19.8 Å². The average Bonchev–Trinajstić information content (AvgIpc) is 2.98. The van der Waals surface area contributed by atoms with Gasteiger partial charge < -0.3 is 20.1 Å². The van der Waals surface area contributed by atoms with Crippen molar-refractivity contribution in [1.29, 1.82) is 0 Å². The van der Waals surface area contributed by atoms with E-state index in [-0.39, 0.29) is 32.6 Å². The third-order valence-corrected chi connectivity index (χ3v) is 7.82. The second-order valence-electron chi connectivity index (χ2n) is 11.0. The first-order valence-electron chi connectivity index (χ1n) is 16.8. The molecule has 9 nitrogen and oxygen atoms in total. The minimum atomic E-state index is -4.35. The number of phosphoric acid groups is 1. The Morgan fingerprint density at radius 1 is 0.698 bits per heavy atom. The van der Waals surface area contributed by atoms with Gasteiger partial charge in [-0.1, -0.05) is 109 Å². The number of hydrogen-bond acceptors (Lipinski definition) is 8. The quantitative estimate of drug-likeness (QED) is 0.0334. The minimum Gasteiger partial charge on any atom is -0.462 e. The van der Waals surface area contributed by atoms with Gasteiger partial charge in [0.1, 0.15) is 6.61 Å². The number of unbranched alkanes of at least 4 members (excludes halogenated alkanes) is 14. The molecule has 2 atom stereocenters. The molecule has 0 aromatic heterocycles. The van der Waals surface area contributed by atoms with Crippen LogP contribution in [0.4, 0.5) is 0 Å². The number of carbonyl (C=O) groups excluding carboxylic acids is 2. The highest BCUT2D eigenvalue weighted by Crippen LogP contribution is 2.43. The molecule has 43 heavy (non-hydrogen) atoms. The molecule has 0 rings (SSSR count). The lowest BCUT2D eigenvalue weighted by molar-refractivity contribution is -0.161. The maximum absolute atomic E-state index is 12.4. The van der Waals surface area contributed by atoms with E-state index in [1.807, 2.05) is 6.92 Å². The molecule has 0 fully saturated rings. The van der Waals surface area contributed by atoms with Gasteiger partial charge in [0.2, 0.25) is 0 Å². The summed E-state index contributed by atoms with van der Waals surface area (Å²) in [4.78, 5) is 34.1. The number of phosphoric ester groups is 1. The van der Waals surface area contributed by atoms with Gasteiger partial charge in [0.15, 0.2) is 6.10 Å². The van der Waals surface area contributed by atoms with E-state index in [4.69, 9.17) is 24.3 Å². The lowest BCUT2D eigenvalue weighted by Gasteiger charge is -2.19. The van der Waals surface area contributed by atoms with E-state index in [0.717, 1.165) is 44.9 Å². The Morgan fingerprint density at radius 2 is 1.21 bits per heavy atom. The predicted molar refractivity (Wildman–Crippen MR) is 174 cm³/mol. The zero-order valence-electron chi connectivity index (χ0n) is 27.2. The summed E-state index contributed by atoms with van der Waals surface area (Å²) in [5, 5.41) is 0. The number of ether oxygens (including phenoxy) is 2. The third-order valence-electron chi connectivity index (χ3n) is 6.84. The van der Waals surface area contributed by atoms with Crippen LogP contribution in [0.15, 0.2) is 24.3 Å². The molecule has 252 valence electrons. The Hall–Kier alpha value is -1.51. The Labute approximate surface area is 261 Å². The van der Waals surface area contributed by atoms with E-state index < -0.39 is 32.5 Å². The van der Waals surface area contributed by atoms with Crippen molar-refractivity contribution in [3.8, 4) is 0 Å². The molecule has 0 amide bonds. The van der Waals surface area contributed by atoms with Crippen LogP contribution in [0.1, 0.15) is 142 Å². The zero-order valence-corrected chi connectivity index (χ0v) is 28.1. The fourth-order valence-electron chi connectivity index (χ4n) is 4.31. The Bertz CT molecular complexity index is 774. The molecule has 0 heterocycles. The molecule has 3 N–H and O–H groups in total. The topological polar surface area (TPSA) is 134 Å². The molecule has 10 heteroatoms. The Kier molecular flexibility index (Phi) is 29.4. The molecule has 0 aromatic carbocycles. The smallest absolute Gasteiger partial charge is 0.462 e. The highest BCUT2D eigenvalue weighted by atomic mass is 31.2. The minimum absolute atomic E-state index is 0.0528. The normalized spacial score (nSPS) is 13.9. The Balaban J connectivity index is 4.03. The second kappa shape index (κ2) is 30.5. The van der Waals surface area contributed by atoms with E-state index >= 15 is 0 Å². The summed E-state index contributed by atoms with van der Waals surface area (Å²) in [7, 11) is -4.35. The van der Waals surface area contributed by atoms with E-state index in [9.17, 15) is 19.0 Å². The van der Waals surface area contributed by atoms with Crippen molar-refractivity contribution in [1.82, 2.24) is 0 Å². The molecule has 0 spiro atoms.